The highest BCUT2D eigenvalue weighted by Crippen LogP contribution is 2.32. The van der Waals surface area contributed by atoms with E-state index in [0.717, 1.165) is 17.5 Å². The van der Waals surface area contributed by atoms with Crippen LogP contribution in [0, 0.1) is 12.8 Å². The van der Waals surface area contributed by atoms with E-state index in [1.165, 1.54) is 7.05 Å². The average molecular weight is 434 g/mol. The van der Waals surface area contributed by atoms with Crippen LogP contribution in [-0.4, -0.2) is 60.4 Å². The average Bonchev–Trinajstić information content (AvgIpc) is 3.21. The lowest BCUT2D eigenvalue weighted by Crippen LogP contribution is -2.30. The Bertz CT molecular complexity index is 939. The Hall–Kier alpha value is -3.07. The highest BCUT2D eigenvalue weighted by Gasteiger charge is 2.27. The van der Waals surface area contributed by atoms with Crippen LogP contribution in [-0.2, 0) is 4.79 Å². The van der Waals surface area contributed by atoms with Gasteiger partial charge in [0.25, 0.3) is 5.91 Å². The van der Waals surface area contributed by atoms with Crippen LogP contribution in [0.4, 0.5) is 10.6 Å². The largest absolute Gasteiger partial charge is 0.478 e. The summed E-state index contributed by atoms with van der Waals surface area (Å²) < 4.78 is 5.65. The summed E-state index contributed by atoms with van der Waals surface area (Å²) in [5, 5.41) is 14.4. The molecule has 1 aromatic carbocycles. The number of ether oxygens (including phenoxy) is 1. The van der Waals surface area contributed by atoms with E-state index in [1.807, 2.05) is 30.0 Å². The van der Waals surface area contributed by atoms with E-state index in [0.29, 0.717) is 42.0 Å². The molecule has 10 heteroatoms. The molecule has 1 unspecified atom stereocenters. The summed E-state index contributed by atoms with van der Waals surface area (Å²) in [6, 6.07) is 5.61. The van der Waals surface area contributed by atoms with Crippen LogP contribution in [0.15, 0.2) is 24.4 Å². The van der Waals surface area contributed by atoms with Gasteiger partial charge in [0.1, 0.15) is 0 Å². The molecule has 3 N–H and O–H groups in total. The van der Waals surface area contributed by atoms with Crippen LogP contribution in [0.2, 0.25) is 5.02 Å². The van der Waals surface area contributed by atoms with Crippen molar-refractivity contribution in [2.24, 2.45) is 5.92 Å². The number of carbonyl (C=O) groups is 2. The van der Waals surface area contributed by atoms with Crippen LogP contribution in [0.5, 0.6) is 5.75 Å². The Kier molecular flexibility index (Phi) is 6.94. The van der Waals surface area contributed by atoms with Gasteiger partial charge in [-0.05, 0) is 30.9 Å². The van der Waals surface area contributed by atoms with Crippen LogP contribution >= 0.6 is 11.6 Å². The minimum Gasteiger partial charge on any atom is -0.478 e. The van der Waals surface area contributed by atoms with Crippen molar-refractivity contribution < 1.29 is 19.4 Å². The molecule has 0 aliphatic carbocycles. The number of nitrogens with zero attached hydrogens (tertiary/aromatic N) is 3. The van der Waals surface area contributed by atoms with Gasteiger partial charge in [-0.15, -0.1) is 0 Å². The topological polar surface area (TPSA) is 117 Å². The first-order valence-corrected chi connectivity index (χ1v) is 9.94. The number of likely N-dealkylation sites (N-methyl/N-ethyl adjacent to an activating group) is 1. The predicted molar refractivity (Wildman–Crippen MR) is 113 cm³/mol. The van der Waals surface area contributed by atoms with Crippen LogP contribution < -0.4 is 20.3 Å². The van der Waals surface area contributed by atoms with Crippen LogP contribution in [0.25, 0.3) is 11.4 Å². The molecule has 3 rings (SSSR count). The van der Waals surface area contributed by atoms with Crippen molar-refractivity contribution in [1.82, 2.24) is 20.6 Å². The Labute approximate surface area is 179 Å². The fraction of sp³-hybridized carbons (Fsp3) is 0.400. The lowest BCUT2D eigenvalue weighted by molar-refractivity contribution is -0.122. The van der Waals surface area contributed by atoms with Crippen LogP contribution in [0.3, 0.4) is 0 Å². The molecule has 1 atom stereocenters. The zero-order chi connectivity index (χ0) is 21.7. The van der Waals surface area contributed by atoms with Gasteiger partial charge in [-0.2, -0.15) is 0 Å². The minimum absolute atomic E-state index is 0.152. The van der Waals surface area contributed by atoms with Gasteiger partial charge >= 0.3 is 6.09 Å². The van der Waals surface area contributed by atoms with Gasteiger partial charge in [0.05, 0.1) is 6.20 Å². The molecule has 2 amide bonds. The molecule has 1 fully saturated rings. The molecule has 30 heavy (non-hydrogen) atoms. The number of aromatic nitrogens is 2. The van der Waals surface area contributed by atoms with Gasteiger partial charge in [-0.25, -0.2) is 14.8 Å². The van der Waals surface area contributed by atoms with Gasteiger partial charge in [0.15, 0.2) is 24.0 Å². The molecule has 1 aliphatic heterocycles. The summed E-state index contributed by atoms with van der Waals surface area (Å²) in [5.41, 5.74) is 1.73. The van der Waals surface area contributed by atoms with E-state index in [4.69, 9.17) is 26.4 Å². The molecule has 2 heterocycles. The van der Waals surface area contributed by atoms with Crippen molar-refractivity contribution in [3.8, 4) is 17.1 Å². The van der Waals surface area contributed by atoms with Crippen molar-refractivity contribution in [3.63, 3.8) is 0 Å². The molecule has 9 nitrogen and oxygen atoms in total. The summed E-state index contributed by atoms with van der Waals surface area (Å²) in [5.74, 6) is 1.34. The highest BCUT2D eigenvalue weighted by atomic mass is 35.5. The zero-order valence-electron chi connectivity index (χ0n) is 16.8. The Balaban J connectivity index is 1.87. The van der Waals surface area contributed by atoms with Crippen molar-refractivity contribution in [1.29, 1.82) is 0 Å². The fourth-order valence-corrected chi connectivity index (χ4v) is 3.38. The molecule has 0 radical (unpaired) electrons. The summed E-state index contributed by atoms with van der Waals surface area (Å²) >= 11 is 6.25. The number of halogens is 1. The Morgan fingerprint density at radius 3 is 2.90 bits per heavy atom. The fourth-order valence-electron chi connectivity index (χ4n) is 3.20. The number of carbonyl (C=O) groups excluding carboxylic acids is 1. The maximum Gasteiger partial charge on any atom is 0.404 e. The molecular weight excluding hydrogens is 410 g/mol. The second-order valence-corrected chi connectivity index (χ2v) is 7.50. The second-order valence-electron chi connectivity index (χ2n) is 7.09. The molecular formula is C20H24ClN5O4. The predicted octanol–water partition coefficient (Wildman–Crippen LogP) is 2.32. The van der Waals surface area contributed by atoms with Crippen molar-refractivity contribution >= 4 is 29.4 Å². The molecule has 0 saturated carbocycles. The summed E-state index contributed by atoms with van der Waals surface area (Å²) in [6.07, 6.45) is 1.32. The number of hydrogen-bond donors (Lipinski definition) is 3. The number of hydrogen-bond acceptors (Lipinski definition) is 6. The van der Waals surface area contributed by atoms with Gasteiger partial charge in [0, 0.05) is 37.3 Å². The molecule has 0 spiro atoms. The third-order valence-corrected chi connectivity index (χ3v) is 5.34. The van der Waals surface area contributed by atoms with E-state index >= 15 is 0 Å². The smallest absolute Gasteiger partial charge is 0.404 e. The molecule has 2 aromatic rings. The maximum atomic E-state index is 11.6. The number of rotatable bonds is 7. The monoisotopic (exact) mass is 433 g/mol. The zero-order valence-corrected chi connectivity index (χ0v) is 17.6. The standard InChI is InChI=1S/C20H24ClN5O4/c1-12-3-4-14(7-15(12)21)18-23-9-16(30-11-17(27)22-2)19(25-18)26-6-5-13(10-26)8-24-20(28)29/h3-4,7,9,13,24H,5-6,8,10-11H2,1-2H3,(H,22,27)(H,28,29). The first kappa shape index (κ1) is 21.6. The van der Waals surface area contributed by atoms with Crippen molar-refractivity contribution in [2.75, 3.05) is 38.2 Å². The van der Waals surface area contributed by atoms with Crippen molar-refractivity contribution in [2.45, 2.75) is 13.3 Å². The lowest BCUT2D eigenvalue weighted by atomic mass is 10.1. The number of carboxylic acid groups (broad SMARTS) is 1. The van der Waals surface area contributed by atoms with Crippen LogP contribution in [0.1, 0.15) is 12.0 Å². The highest BCUT2D eigenvalue weighted by molar-refractivity contribution is 6.31. The second kappa shape index (κ2) is 9.62. The number of amides is 2. The lowest BCUT2D eigenvalue weighted by Gasteiger charge is -2.21. The normalized spacial score (nSPS) is 15.7. The molecule has 1 aromatic heterocycles. The van der Waals surface area contributed by atoms with E-state index in [2.05, 4.69) is 15.6 Å². The van der Waals surface area contributed by atoms with E-state index in [-0.39, 0.29) is 18.4 Å². The molecule has 0 bridgehead atoms. The van der Waals surface area contributed by atoms with Gasteiger partial charge in [-0.1, -0.05) is 23.7 Å². The van der Waals surface area contributed by atoms with Gasteiger partial charge in [0.2, 0.25) is 0 Å². The van der Waals surface area contributed by atoms with Gasteiger partial charge < -0.3 is 25.4 Å². The molecule has 160 valence electrons. The number of benzene rings is 1. The minimum atomic E-state index is -1.04. The van der Waals surface area contributed by atoms with E-state index < -0.39 is 6.09 Å². The quantitative estimate of drug-likeness (QED) is 0.613. The SMILES string of the molecule is CNC(=O)COc1cnc(-c2ccc(C)c(Cl)c2)nc1N1CCC(CNC(=O)O)C1. The first-order chi connectivity index (χ1) is 14.4. The number of aryl methyl sites for hydroxylation is 1. The Morgan fingerprint density at radius 1 is 1.40 bits per heavy atom. The van der Waals surface area contributed by atoms with Crippen molar-refractivity contribution in [3.05, 3.63) is 35.0 Å². The summed E-state index contributed by atoms with van der Waals surface area (Å²) in [6.45, 7) is 3.44. The molecule has 1 aliphatic rings. The number of anilines is 1. The maximum absolute atomic E-state index is 11.6. The third-order valence-electron chi connectivity index (χ3n) is 4.93. The van der Waals surface area contributed by atoms with E-state index in [9.17, 15) is 9.59 Å². The molecule has 1 saturated heterocycles. The first-order valence-electron chi connectivity index (χ1n) is 9.56. The summed E-state index contributed by atoms with van der Waals surface area (Å²) in [4.78, 5) is 33.5. The van der Waals surface area contributed by atoms with E-state index in [1.54, 1.807) is 6.20 Å². The number of nitrogens with one attached hydrogen (secondary N) is 2. The summed E-state index contributed by atoms with van der Waals surface area (Å²) in [7, 11) is 1.54. The third kappa shape index (κ3) is 5.29. The Morgan fingerprint density at radius 2 is 2.20 bits per heavy atom. The van der Waals surface area contributed by atoms with Gasteiger partial charge in [-0.3, -0.25) is 4.79 Å².